The molecule has 1 aliphatic rings. The highest BCUT2D eigenvalue weighted by Gasteiger charge is 2.32. The minimum Gasteiger partial charge on any atom is -0.480 e. The monoisotopic (exact) mass is 345 g/mol. The Kier molecular flexibility index (Phi) is 5.69. The number of hydrogen-bond acceptors (Lipinski definition) is 3. The molecule has 1 atom stereocenters. The number of piperidine rings is 1. The van der Waals surface area contributed by atoms with E-state index in [1.807, 2.05) is 0 Å². The second-order valence-corrected chi connectivity index (χ2v) is 5.63. The molecule has 1 aliphatic heterocycles. The number of alkyl halides is 3. The summed E-state index contributed by atoms with van der Waals surface area (Å²) >= 11 is 0. The van der Waals surface area contributed by atoms with Gasteiger partial charge in [-0.3, -0.25) is 4.79 Å². The third kappa shape index (κ3) is 5.14. The van der Waals surface area contributed by atoms with Gasteiger partial charge in [0.05, 0.1) is 0 Å². The number of rotatable bonds is 5. The number of likely N-dealkylation sites (tertiary alicyclic amines) is 1. The maximum atomic E-state index is 12.2. The molecule has 1 fully saturated rings. The van der Waals surface area contributed by atoms with E-state index in [-0.39, 0.29) is 18.1 Å². The van der Waals surface area contributed by atoms with Crippen LogP contribution in [0.4, 0.5) is 13.2 Å². The third-order valence-corrected chi connectivity index (χ3v) is 3.89. The minimum absolute atomic E-state index is 0.114. The van der Waals surface area contributed by atoms with Gasteiger partial charge in [-0.2, -0.15) is 0 Å². The molecular weight excluding hydrogens is 327 g/mol. The lowest BCUT2D eigenvalue weighted by molar-refractivity contribution is -0.274. The molecule has 5 nitrogen and oxygen atoms in total. The number of nitrogens with zero attached hydrogens (tertiary/aromatic N) is 1. The first kappa shape index (κ1) is 18.1. The number of aryl methyl sites for hydroxylation is 1. The van der Waals surface area contributed by atoms with Crippen molar-refractivity contribution in [1.29, 1.82) is 0 Å². The van der Waals surface area contributed by atoms with Crippen LogP contribution in [0.3, 0.4) is 0 Å². The second kappa shape index (κ2) is 7.55. The van der Waals surface area contributed by atoms with Crippen LogP contribution in [0.15, 0.2) is 24.3 Å². The molecule has 0 spiro atoms. The number of ether oxygens (including phenoxy) is 1. The molecule has 0 aromatic heterocycles. The fourth-order valence-corrected chi connectivity index (χ4v) is 2.74. The van der Waals surface area contributed by atoms with E-state index in [0.29, 0.717) is 24.9 Å². The van der Waals surface area contributed by atoms with Gasteiger partial charge in [0.25, 0.3) is 0 Å². The summed E-state index contributed by atoms with van der Waals surface area (Å²) in [7, 11) is 0. The zero-order valence-electron chi connectivity index (χ0n) is 12.9. The van der Waals surface area contributed by atoms with Crippen LogP contribution in [0.2, 0.25) is 0 Å². The van der Waals surface area contributed by atoms with Gasteiger partial charge in [0.1, 0.15) is 11.8 Å². The van der Waals surface area contributed by atoms with Crippen LogP contribution in [0.1, 0.15) is 31.2 Å². The Morgan fingerprint density at radius 2 is 1.88 bits per heavy atom. The summed E-state index contributed by atoms with van der Waals surface area (Å²) in [5, 5.41) is 9.17. The number of carbonyl (C=O) groups excluding carboxylic acids is 1. The van der Waals surface area contributed by atoms with Crippen molar-refractivity contribution in [2.75, 3.05) is 6.54 Å². The molecule has 0 radical (unpaired) electrons. The topological polar surface area (TPSA) is 66.8 Å². The van der Waals surface area contributed by atoms with Gasteiger partial charge in [-0.05, 0) is 43.4 Å². The molecule has 0 aliphatic carbocycles. The van der Waals surface area contributed by atoms with Crippen molar-refractivity contribution in [3.8, 4) is 5.75 Å². The molecule has 2 rings (SSSR count). The van der Waals surface area contributed by atoms with Gasteiger partial charge in [0.2, 0.25) is 5.91 Å². The molecule has 1 amide bonds. The molecular formula is C16H18F3NO4. The highest BCUT2D eigenvalue weighted by atomic mass is 19.4. The fourth-order valence-electron chi connectivity index (χ4n) is 2.74. The van der Waals surface area contributed by atoms with Crippen LogP contribution in [-0.4, -0.2) is 40.8 Å². The minimum atomic E-state index is -4.74. The van der Waals surface area contributed by atoms with Crippen molar-refractivity contribution in [3.05, 3.63) is 29.8 Å². The van der Waals surface area contributed by atoms with Gasteiger partial charge in [-0.1, -0.05) is 12.1 Å². The average molecular weight is 345 g/mol. The van der Waals surface area contributed by atoms with E-state index >= 15 is 0 Å². The summed E-state index contributed by atoms with van der Waals surface area (Å²) in [5.41, 5.74) is 0.682. The highest BCUT2D eigenvalue weighted by Crippen LogP contribution is 2.23. The van der Waals surface area contributed by atoms with Gasteiger partial charge in [0, 0.05) is 13.0 Å². The van der Waals surface area contributed by atoms with E-state index < -0.39 is 18.4 Å². The summed E-state index contributed by atoms with van der Waals surface area (Å²) in [5.74, 6) is -1.58. The Hall–Kier alpha value is -2.25. The van der Waals surface area contributed by atoms with Gasteiger partial charge < -0.3 is 14.7 Å². The molecule has 1 heterocycles. The maximum absolute atomic E-state index is 12.2. The van der Waals surface area contributed by atoms with Crippen LogP contribution in [0, 0.1) is 0 Å². The Balaban J connectivity index is 1.90. The summed E-state index contributed by atoms with van der Waals surface area (Å²) in [6, 6.07) is 4.51. The first-order valence-electron chi connectivity index (χ1n) is 7.63. The molecule has 0 bridgehead atoms. The molecule has 1 N–H and O–H groups in total. The largest absolute Gasteiger partial charge is 0.573 e. The number of benzene rings is 1. The Bertz CT molecular complexity index is 586. The summed E-state index contributed by atoms with van der Waals surface area (Å²) in [6.07, 6.45) is -2.29. The van der Waals surface area contributed by atoms with Crippen molar-refractivity contribution in [2.45, 2.75) is 44.5 Å². The van der Waals surface area contributed by atoms with Crippen LogP contribution in [-0.2, 0) is 16.0 Å². The number of hydrogen-bond donors (Lipinski definition) is 1. The molecule has 0 saturated carbocycles. The number of carbonyl (C=O) groups is 2. The summed E-state index contributed by atoms with van der Waals surface area (Å²) < 4.78 is 40.0. The molecule has 132 valence electrons. The number of amides is 1. The number of carboxylic acids is 1. The SMILES string of the molecule is O=C(O)C1CCCCN1C(=O)CCc1ccc(OC(F)(F)F)cc1. The lowest BCUT2D eigenvalue weighted by Crippen LogP contribution is -2.48. The maximum Gasteiger partial charge on any atom is 0.573 e. The van der Waals surface area contributed by atoms with Crippen molar-refractivity contribution < 1.29 is 32.6 Å². The van der Waals surface area contributed by atoms with E-state index in [9.17, 15) is 22.8 Å². The lowest BCUT2D eigenvalue weighted by Gasteiger charge is -2.33. The van der Waals surface area contributed by atoms with Crippen molar-refractivity contribution >= 4 is 11.9 Å². The van der Waals surface area contributed by atoms with Gasteiger partial charge in [0.15, 0.2) is 0 Å². The zero-order chi connectivity index (χ0) is 17.7. The van der Waals surface area contributed by atoms with Crippen LogP contribution >= 0.6 is 0 Å². The molecule has 1 aromatic carbocycles. The van der Waals surface area contributed by atoms with E-state index in [0.717, 1.165) is 12.8 Å². The van der Waals surface area contributed by atoms with Gasteiger partial charge in [-0.15, -0.1) is 13.2 Å². The predicted octanol–water partition coefficient (Wildman–Crippen LogP) is 2.98. The van der Waals surface area contributed by atoms with Gasteiger partial charge >= 0.3 is 12.3 Å². The second-order valence-electron chi connectivity index (χ2n) is 5.63. The molecule has 1 saturated heterocycles. The molecule has 8 heteroatoms. The Morgan fingerprint density at radius 1 is 1.21 bits per heavy atom. The molecule has 24 heavy (non-hydrogen) atoms. The Labute approximate surface area is 137 Å². The van der Waals surface area contributed by atoms with Crippen LogP contribution in [0.25, 0.3) is 0 Å². The smallest absolute Gasteiger partial charge is 0.480 e. The fraction of sp³-hybridized carbons (Fsp3) is 0.500. The van der Waals surface area contributed by atoms with E-state index in [1.54, 1.807) is 0 Å². The molecule has 1 unspecified atom stereocenters. The number of halogens is 3. The van der Waals surface area contributed by atoms with Crippen LogP contribution < -0.4 is 4.74 Å². The quantitative estimate of drug-likeness (QED) is 0.891. The van der Waals surface area contributed by atoms with E-state index in [2.05, 4.69) is 4.74 Å². The first-order valence-corrected chi connectivity index (χ1v) is 7.63. The van der Waals surface area contributed by atoms with Crippen LogP contribution in [0.5, 0.6) is 5.75 Å². The van der Waals surface area contributed by atoms with Crippen molar-refractivity contribution in [1.82, 2.24) is 4.90 Å². The highest BCUT2D eigenvalue weighted by molar-refractivity contribution is 5.84. The average Bonchev–Trinajstić information content (AvgIpc) is 2.52. The summed E-state index contributed by atoms with van der Waals surface area (Å²) in [6.45, 7) is 0.425. The predicted molar refractivity (Wildman–Crippen MR) is 78.4 cm³/mol. The van der Waals surface area contributed by atoms with E-state index in [4.69, 9.17) is 5.11 Å². The lowest BCUT2D eigenvalue weighted by atomic mass is 10.0. The first-order chi connectivity index (χ1) is 11.3. The third-order valence-electron chi connectivity index (χ3n) is 3.89. The van der Waals surface area contributed by atoms with Crippen molar-refractivity contribution in [3.63, 3.8) is 0 Å². The number of carboxylic acid groups (broad SMARTS) is 1. The zero-order valence-corrected chi connectivity index (χ0v) is 12.9. The van der Waals surface area contributed by atoms with Gasteiger partial charge in [-0.25, -0.2) is 4.79 Å². The summed E-state index contributed by atoms with van der Waals surface area (Å²) in [4.78, 5) is 24.8. The number of aliphatic carboxylic acids is 1. The molecule has 1 aromatic rings. The van der Waals surface area contributed by atoms with Crippen molar-refractivity contribution in [2.24, 2.45) is 0 Å². The normalized spacial score (nSPS) is 18.3. The standard InChI is InChI=1S/C16H18F3NO4/c17-16(18,19)24-12-7-4-11(5-8-12)6-9-14(21)20-10-2-1-3-13(20)15(22)23/h4-5,7-8,13H,1-3,6,9-10H2,(H,22,23). The van der Waals surface area contributed by atoms with E-state index in [1.165, 1.54) is 29.2 Å². The Morgan fingerprint density at radius 3 is 2.46 bits per heavy atom.